The van der Waals surface area contributed by atoms with Crippen molar-refractivity contribution in [3.8, 4) is 5.75 Å². The molecule has 2 rings (SSSR count). The van der Waals surface area contributed by atoms with Crippen molar-refractivity contribution in [1.29, 1.82) is 0 Å². The van der Waals surface area contributed by atoms with Crippen molar-refractivity contribution in [2.24, 2.45) is 0 Å². The maximum Gasteiger partial charge on any atom is 0.306 e. The lowest BCUT2D eigenvalue weighted by molar-refractivity contribution is -0.140. The molecule has 2 aromatic carbocycles. The number of hydrogen-bond acceptors (Lipinski definition) is 4. The molecule has 0 saturated heterocycles. The highest BCUT2D eigenvalue weighted by Crippen LogP contribution is 2.29. The number of carbonyl (C=O) groups is 2. The number of hydrogen-bond donors (Lipinski definition) is 2. The predicted molar refractivity (Wildman–Crippen MR) is 102 cm³/mol. The summed E-state index contributed by atoms with van der Waals surface area (Å²) in [6.07, 6.45) is -1.10. The normalized spacial score (nSPS) is 14.0. The summed E-state index contributed by atoms with van der Waals surface area (Å²) in [5, 5.41) is 12.3. The molecular formula is C21H25NO5. The monoisotopic (exact) mass is 371 g/mol. The lowest BCUT2D eigenvalue weighted by Gasteiger charge is -2.32. The zero-order chi connectivity index (χ0) is 19.9. The Kier molecular flexibility index (Phi) is 6.96. The smallest absolute Gasteiger partial charge is 0.306 e. The van der Waals surface area contributed by atoms with Gasteiger partial charge in [-0.15, -0.1) is 0 Å². The zero-order valence-electron chi connectivity index (χ0n) is 15.8. The van der Waals surface area contributed by atoms with E-state index in [9.17, 15) is 14.7 Å². The van der Waals surface area contributed by atoms with Gasteiger partial charge in [-0.25, -0.2) is 0 Å². The minimum atomic E-state index is -1.12. The first kappa shape index (κ1) is 20.5. The van der Waals surface area contributed by atoms with Crippen LogP contribution in [0, 0.1) is 0 Å². The molecule has 2 aromatic rings. The first-order chi connectivity index (χ1) is 12.9. The van der Waals surface area contributed by atoms with Gasteiger partial charge in [-0.3, -0.25) is 9.59 Å². The molecular weight excluding hydrogens is 346 g/mol. The zero-order valence-corrected chi connectivity index (χ0v) is 15.8. The van der Waals surface area contributed by atoms with Crippen LogP contribution in [-0.2, 0) is 19.9 Å². The van der Waals surface area contributed by atoms with E-state index >= 15 is 0 Å². The maximum atomic E-state index is 13.0. The van der Waals surface area contributed by atoms with Gasteiger partial charge in [0, 0.05) is 6.61 Å². The summed E-state index contributed by atoms with van der Waals surface area (Å²) >= 11 is 0. The largest absolute Gasteiger partial charge is 0.497 e. The standard InChI is InChI=1S/C21H25NO5/c1-4-27-19(15-9-6-5-7-10-15)20(25)22-21(2,14-18(23)24)16-11-8-12-17(13-16)26-3/h5-13,19H,4,14H2,1-3H3,(H,22,25)(H,23,24). The van der Waals surface area contributed by atoms with E-state index in [1.807, 2.05) is 25.1 Å². The Bertz CT molecular complexity index is 777. The average molecular weight is 371 g/mol. The SMILES string of the molecule is CCOC(C(=O)NC(C)(CC(=O)O)c1cccc(OC)c1)c1ccccc1. The van der Waals surface area contributed by atoms with Crippen molar-refractivity contribution >= 4 is 11.9 Å². The van der Waals surface area contributed by atoms with Crippen molar-refractivity contribution < 1.29 is 24.2 Å². The highest BCUT2D eigenvalue weighted by Gasteiger charge is 2.34. The number of aliphatic carboxylic acids is 1. The van der Waals surface area contributed by atoms with Crippen LogP contribution in [0.4, 0.5) is 0 Å². The molecule has 0 aromatic heterocycles. The van der Waals surface area contributed by atoms with E-state index in [0.29, 0.717) is 23.5 Å². The number of methoxy groups -OCH3 is 1. The van der Waals surface area contributed by atoms with Gasteiger partial charge in [-0.2, -0.15) is 0 Å². The fraction of sp³-hybridized carbons (Fsp3) is 0.333. The van der Waals surface area contributed by atoms with Crippen molar-refractivity contribution in [3.05, 3.63) is 65.7 Å². The van der Waals surface area contributed by atoms with Crippen LogP contribution < -0.4 is 10.1 Å². The number of carboxylic acids is 1. The molecule has 144 valence electrons. The maximum absolute atomic E-state index is 13.0. The summed E-state index contributed by atoms with van der Waals surface area (Å²) in [5.41, 5.74) is 0.225. The fourth-order valence-corrected chi connectivity index (χ4v) is 2.94. The molecule has 0 heterocycles. The second kappa shape index (κ2) is 9.19. The lowest BCUT2D eigenvalue weighted by Crippen LogP contribution is -2.47. The first-order valence-corrected chi connectivity index (χ1v) is 8.74. The minimum Gasteiger partial charge on any atom is -0.497 e. The van der Waals surface area contributed by atoms with E-state index in [-0.39, 0.29) is 6.42 Å². The van der Waals surface area contributed by atoms with Gasteiger partial charge >= 0.3 is 5.97 Å². The number of benzene rings is 2. The molecule has 1 amide bonds. The van der Waals surface area contributed by atoms with Crippen molar-refractivity contribution in [2.45, 2.75) is 31.9 Å². The third kappa shape index (κ3) is 5.31. The van der Waals surface area contributed by atoms with Gasteiger partial charge in [0.15, 0.2) is 6.10 Å². The van der Waals surface area contributed by atoms with Crippen LogP contribution >= 0.6 is 0 Å². The number of carbonyl (C=O) groups excluding carboxylic acids is 1. The van der Waals surface area contributed by atoms with Gasteiger partial charge in [-0.05, 0) is 37.1 Å². The van der Waals surface area contributed by atoms with E-state index in [0.717, 1.165) is 0 Å². The fourth-order valence-electron chi connectivity index (χ4n) is 2.94. The Morgan fingerprint density at radius 1 is 1.15 bits per heavy atom. The molecule has 2 N–H and O–H groups in total. The van der Waals surface area contributed by atoms with Crippen LogP contribution in [0.15, 0.2) is 54.6 Å². The van der Waals surface area contributed by atoms with Gasteiger partial charge in [-0.1, -0.05) is 42.5 Å². The summed E-state index contributed by atoms with van der Waals surface area (Å²) in [4.78, 5) is 24.5. The van der Waals surface area contributed by atoms with Crippen molar-refractivity contribution in [1.82, 2.24) is 5.32 Å². The number of nitrogens with one attached hydrogen (secondary N) is 1. The van der Waals surface area contributed by atoms with Crippen LogP contribution in [-0.4, -0.2) is 30.7 Å². The summed E-state index contributed by atoms with van der Waals surface area (Å²) in [6, 6.07) is 16.1. The molecule has 0 aliphatic rings. The van der Waals surface area contributed by atoms with Gasteiger partial charge in [0.2, 0.25) is 0 Å². The molecule has 0 fully saturated rings. The highest BCUT2D eigenvalue weighted by atomic mass is 16.5. The van der Waals surface area contributed by atoms with Crippen LogP contribution in [0.25, 0.3) is 0 Å². The Morgan fingerprint density at radius 2 is 1.85 bits per heavy atom. The third-order valence-electron chi connectivity index (χ3n) is 4.28. The molecule has 2 unspecified atom stereocenters. The highest BCUT2D eigenvalue weighted by molar-refractivity contribution is 5.84. The molecule has 0 spiro atoms. The Morgan fingerprint density at radius 3 is 2.44 bits per heavy atom. The third-order valence-corrected chi connectivity index (χ3v) is 4.28. The average Bonchev–Trinajstić information content (AvgIpc) is 2.66. The summed E-state index contributed by atoms with van der Waals surface area (Å²) in [6.45, 7) is 3.84. The van der Waals surface area contributed by atoms with Crippen molar-refractivity contribution in [2.75, 3.05) is 13.7 Å². The summed E-state index contributed by atoms with van der Waals surface area (Å²) in [7, 11) is 1.53. The van der Waals surface area contributed by atoms with Crippen LogP contribution in [0.3, 0.4) is 0 Å². The molecule has 6 nitrogen and oxygen atoms in total. The van der Waals surface area contributed by atoms with Gasteiger partial charge in [0.05, 0.1) is 19.1 Å². The molecule has 0 aliphatic carbocycles. The number of rotatable bonds is 9. The van der Waals surface area contributed by atoms with Gasteiger partial charge < -0.3 is 19.9 Å². The molecule has 0 radical (unpaired) electrons. The Hall–Kier alpha value is -2.86. The van der Waals surface area contributed by atoms with E-state index in [1.165, 1.54) is 7.11 Å². The Labute approximate surface area is 159 Å². The second-order valence-electron chi connectivity index (χ2n) is 6.37. The molecule has 0 aliphatic heterocycles. The topological polar surface area (TPSA) is 84.9 Å². The minimum absolute atomic E-state index is 0.278. The molecule has 6 heteroatoms. The van der Waals surface area contributed by atoms with Crippen LogP contribution in [0.5, 0.6) is 5.75 Å². The second-order valence-corrected chi connectivity index (χ2v) is 6.37. The van der Waals surface area contributed by atoms with Crippen LogP contribution in [0.1, 0.15) is 37.5 Å². The quantitative estimate of drug-likeness (QED) is 0.707. The van der Waals surface area contributed by atoms with Gasteiger partial charge in [0.1, 0.15) is 5.75 Å². The van der Waals surface area contributed by atoms with Crippen molar-refractivity contribution in [3.63, 3.8) is 0 Å². The Balaban J connectivity index is 2.35. The number of amides is 1. The summed E-state index contributed by atoms with van der Waals surface area (Å²) in [5.74, 6) is -0.828. The van der Waals surface area contributed by atoms with E-state index in [4.69, 9.17) is 9.47 Å². The number of ether oxygens (including phenoxy) is 2. The predicted octanol–water partition coefficient (Wildman–Crippen LogP) is 3.28. The lowest BCUT2D eigenvalue weighted by atomic mass is 9.87. The molecule has 0 bridgehead atoms. The van der Waals surface area contributed by atoms with E-state index in [1.54, 1.807) is 43.3 Å². The van der Waals surface area contributed by atoms with Gasteiger partial charge in [0.25, 0.3) is 5.91 Å². The molecule has 27 heavy (non-hydrogen) atoms. The van der Waals surface area contributed by atoms with E-state index in [2.05, 4.69) is 5.32 Å². The summed E-state index contributed by atoms with van der Waals surface area (Å²) < 4.78 is 10.9. The molecule has 2 atom stereocenters. The number of carboxylic acid groups (broad SMARTS) is 1. The first-order valence-electron chi connectivity index (χ1n) is 8.74. The molecule has 0 saturated carbocycles. The van der Waals surface area contributed by atoms with E-state index < -0.39 is 23.5 Å². The van der Waals surface area contributed by atoms with Crippen LogP contribution in [0.2, 0.25) is 0 Å².